The van der Waals surface area contributed by atoms with Crippen LogP contribution in [0.5, 0.6) is 0 Å². The minimum atomic E-state index is -0.818. The highest BCUT2D eigenvalue weighted by Gasteiger charge is 2.13. The van der Waals surface area contributed by atoms with E-state index in [0.29, 0.717) is 5.56 Å². The first kappa shape index (κ1) is 18.9. The molecule has 0 bridgehead atoms. The molecule has 0 radical (unpaired) electrons. The maximum Gasteiger partial charge on any atom is 0.338 e. The Labute approximate surface area is 149 Å². The van der Waals surface area contributed by atoms with Gasteiger partial charge in [-0.15, -0.1) is 0 Å². The molecule has 0 aliphatic carbocycles. The molecule has 136 valence electrons. The quantitative estimate of drug-likeness (QED) is 0.624. The number of amides is 2. The molecule has 0 unspecified atom stereocenters. The molecule has 2 N–H and O–H groups in total. The fourth-order valence-corrected chi connectivity index (χ4v) is 1.99. The molecule has 2 rings (SSSR count). The largest absolute Gasteiger partial charge is 0.452 e. The van der Waals surface area contributed by atoms with Crippen molar-refractivity contribution in [3.8, 4) is 0 Å². The summed E-state index contributed by atoms with van der Waals surface area (Å²) in [6.07, 6.45) is 0. The van der Waals surface area contributed by atoms with E-state index in [2.05, 4.69) is 0 Å². The first-order valence-corrected chi connectivity index (χ1v) is 7.66. The minimum Gasteiger partial charge on any atom is -0.452 e. The number of hydrazine groups is 1. The maximum absolute atomic E-state index is 13.4. The highest BCUT2D eigenvalue weighted by Crippen LogP contribution is 2.12. The normalized spacial score (nSPS) is 9.96. The summed E-state index contributed by atoms with van der Waals surface area (Å²) in [6, 6.07) is 12.0. The van der Waals surface area contributed by atoms with Gasteiger partial charge in [-0.1, -0.05) is 12.1 Å². The number of nitrogens with one attached hydrogen (secondary N) is 2. The number of nitrogens with zero attached hydrogens (tertiary/aromatic N) is 1. The molecule has 8 heteroatoms. The van der Waals surface area contributed by atoms with Crippen molar-refractivity contribution in [2.45, 2.75) is 0 Å². The van der Waals surface area contributed by atoms with Gasteiger partial charge in [-0.25, -0.2) is 9.18 Å². The zero-order valence-corrected chi connectivity index (χ0v) is 14.3. The average molecular weight is 359 g/mol. The summed E-state index contributed by atoms with van der Waals surface area (Å²) in [5.74, 6) is -2.97. The summed E-state index contributed by atoms with van der Waals surface area (Å²) in [7, 11) is 3.74. The van der Waals surface area contributed by atoms with Crippen molar-refractivity contribution in [3.05, 3.63) is 65.5 Å². The van der Waals surface area contributed by atoms with Crippen LogP contribution in [-0.4, -0.2) is 38.5 Å². The minimum absolute atomic E-state index is 0.217. The van der Waals surface area contributed by atoms with Crippen LogP contribution in [0.25, 0.3) is 0 Å². The summed E-state index contributed by atoms with van der Waals surface area (Å²) >= 11 is 0. The lowest BCUT2D eigenvalue weighted by Crippen LogP contribution is -2.43. The van der Waals surface area contributed by atoms with Crippen molar-refractivity contribution < 1.29 is 23.5 Å². The molecule has 26 heavy (non-hydrogen) atoms. The van der Waals surface area contributed by atoms with E-state index in [-0.39, 0.29) is 5.56 Å². The maximum atomic E-state index is 13.4. The van der Waals surface area contributed by atoms with Gasteiger partial charge in [-0.3, -0.25) is 20.4 Å². The SMILES string of the molecule is CN(C)c1ccc(C(=O)OCC(=O)NNC(=O)c2ccccc2F)cc1. The van der Waals surface area contributed by atoms with Crippen molar-refractivity contribution in [2.24, 2.45) is 0 Å². The second-order valence-electron chi connectivity index (χ2n) is 5.50. The number of carbonyl (C=O) groups excluding carboxylic acids is 3. The Kier molecular flexibility index (Phi) is 6.26. The average Bonchev–Trinajstić information content (AvgIpc) is 2.64. The molecule has 0 aliphatic heterocycles. The third-order valence-electron chi connectivity index (χ3n) is 3.39. The number of anilines is 1. The lowest BCUT2D eigenvalue weighted by molar-refractivity contribution is -0.125. The fraction of sp³-hybridized carbons (Fsp3) is 0.167. The van der Waals surface area contributed by atoms with E-state index in [0.717, 1.165) is 11.8 Å². The molecule has 0 aromatic heterocycles. The number of benzene rings is 2. The molecule has 0 heterocycles. The number of hydrogen-bond donors (Lipinski definition) is 2. The van der Waals surface area contributed by atoms with Gasteiger partial charge in [0, 0.05) is 19.8 Å². The Balaban J connectivity index is 1.80. The molecule has 0 spiro atoms. The molecule has 0 atom stereocenters. The molecule has 7 nitrogen and oxygen atoms in total. The highest BCUT2D eigenvalue weighted by molar-refractivity contribution is 5.96. The van der Waals surface area contributed by atoms with Crippen LogP contribution in [0.2, 0.25) is 0 Å². The topological polar surface area (TPSA) is 87.7 Å². The van der Waals surface area contributed by atoms with Crippen molar-refractivity contribution in [1.29, 1.82) is 0 Å². The van der Waals surface area contributed by atoms with E-state index in [1.165, 1.54) is 18.2 Å². The van der Waals surface area contributed by atoms with Gasteiger partial charge in [0.15, 0.2) is 6.61 Å². The summed E-state index contributed by atoms with van der Waals surface area (Å²) in [4.78, 5) is 37.1. The molecule has 0 aliphatic rings. The summed E-state index contributed by atoms with van der Waals surface area (Å²) < 4.78 is 18.3. The van der Waals surface area contributed by atoms with Crippen LogP contribution < -0.4 is 15.8 Å². The molecule has 2 amide bonds. The third-order valence-corrected chi connectivity index (χ3v) is 3.39. The molecule has 0 fully saturated rings. The van der Waals surface area contributed by atoms with E-state index < -0.39 is 30.2 Å². The van der Waals surface area contributed by atoms with E-state index in [1.54, 1.807) is 24.3 Å². The van der Waals surface area contributed by atoms with Crippen LogP contribution in [0, 0.1) is 5.82 Å². The van der Waals surface area contributed by atoms with Crippen LogP contribution in [0.3, 0.4) is 0 Å². The lowest BCUT2D eigenvalue weighted by Gasteiger charge is -2.12. The zero-order chi connectivity index (χ0) is 19.1. The Morgan fingerprint density at radius 2 is 1.65 bits per heavy atom. The number of ether oxygens (including phenoxy) is 1. The molecule has 2 aromatic rings. The van der Waals surface area contributed by atoms with Gasteiger partial charge in [0.1, 0.15) is 5.82 Å². The van der Waals surface area contributed by atoms with Crippen molar-refractivity contribution in [3.63, 3.8) is 0 Å². The lowest BCUT2D eigenvalue weighted by atomic mass is 10.2. The van der Waals surface area contributed by atoms with E-state index in [9.17, 15) is 18.8 Å². The van der Waals surface area contributed by atoms with E-state index in [4.69, 9.17) is 4.74 Å². The molecule has 2 aromatic carbocycles. The zero-order valence-electron chi connectivity index (χ0n) is 14.3. The van der Waals surface area contributed by atoms with E-state index >= 15 is 0 Å². The Morgan fingerprint density at radius 3 is 2.27 bits per heavy atom. The number of carbonyl (C=O) groups is 3. The van der Waals surface area contributed by atoms with Crippen molar-refractivity contribution in [1.82, 2.24) is 10.9 Å². The first-order chi connectivity index (χ1) is 12.4. The van der Waals surface area contributed by atoms with Crippen LogP contribution in [0.4, 0.5) is 10.1 Å². The van der Waals surface area contributed by atoms with Crippen LogP contribution in [0.15, 0.2) is 48.5 Å². The summed E-state index contributed by atoms with van der Waals surface area (Å²) in [6.45, 7) is -0.591. The van der Waals surface area contributed by atoms with Crippen molar-refractivity contribution in [2.75, 3.05) is 25.6 Å². The van der Waals surface area contributed by atoms with Gasteiger partial charge in [-0.2, -0.15) is 0 Å². The van der Waals surface area contributed by atoms with Gasteiger partial charge in [-0.05, 0) is 36.4 Å². The van der Waals surface area contributed by atoms with Crippen LogP contribution in [0.1, 0.15) is 20.7 Å². The number of hydrogen-bond acceptors (Lipinski definition) is 5. The van der Waals surface area contributed by atoms with Crippen LogP contribution in [-0.2, 0) is 9.53 Å². The Hall–Kier alpha value is -3.42. The molecular formula is C18H18FN3O4. The first-order valence-electron chi connectivity index (χ1n) is 7.66. The highest BCUT2D eigenvalue weighted by atomic mass is 19.1. The standard InChI is InChI=1S/C18H18FN3O4/c1-22(2)13-9-7-12(8-10-13)18(25)26-11-16(23)20-21-17(24)14-5-3-4-6-15(14)19/h3-10H,11H2,1-2H3,(H,20,23)(H,21,24). The number of halogens is 1. The second-order valence-corrected chi connectivity index (χ2v) is 5.50. The number of esters is 1. The number of rotatable bonds is 5. The Morgan fingerprint density at radius 1 is 1.00 bits per heavy atom. The molecule has 0 saturated heterocycles. The smallest absolute Gasteiger partial charge is 0.338 e. The third kappa shape index (κ3) is 5.04. The van der Waals surface area contributed by atoms with Gasteiger partial charge in [0.05, 0.1) is 11.1 Å². The monoisotopic (exact) mass is 359 g/mol. The van der Waals surface area contributed by atoms with Gasteiger partial charge in [0.2, 0.25) is 0 Å². The van der Waals surface area contributed by atoms with E-state index in [1.807, 2.05) is 29.8 Å². The van der Waals surface area contributed by atoms with Gasteiger partial charge >= 0.3 is 5.97 Å². The summed E-state index contributed by atoms with van der Waals surface area (Å²) in [5, 5.41) is 0. The Bertz CT molecular complexity index is 806. The van der Waals surface area contributed by atoms with Crippen LogP contribution >= 0.6 is 0 Å². The fourth-order valence-electron chi connectivity index (χ4n) is 1.99. The molecular weight excluding hydrogens is 341 g/mol. The van der Waals surface area contributed by atoms with Crippen molar-refractivity contribution >= 4 is 23.5 Å². The summed E-state index contributed by atoms with van der Waals surface area (Å²) in [5.41, 5.74) is 5.08. The second kappa shape index (κ2) is 8.61. The van der Waals surface area contributed by atoms with Gasteiger partial charge < -0.3 is 9.64 Å². The predicted molar refractivity (Wildman–Crippen MR) is 93.1 cm³/mol. The molecule has 0 saturated carbocycles. The predicted octanol–water partition coefficient (Wildman–Crippen LogP) is 1.51. The van der Waals surface area contributed by atoms with Gasteiger partial charge in [0.25, 0.3) is 11.8 Å².